The molecule has 8 heteroatoms. The highest BCUT2D eigenvalue weighted by Gasteiger charge is 2.65. The van der Waals surface area contributed by atoms with Crippen LogP contribution in [-0.2, 0) is 16.6 Å². The van der Waals surface area contributed by atoms with Gasteiger partial charge in [0.2, 0.25) is 11.8 Å². The predicted octanol–water partition coefficient (Wildman–Crippen LogP) is 2.17. The van der Waals surface area contributed by atoms with Gasteiger partial charge in [0.05, 0.1) is 10.9 Å². The molecule has 2 fully saturated rings. The molecule has 3 heterocycles. The van der Waals surface area contributed by atoms with E-state index >= 15 is 0 Å². The van der Waals surface area contributed by atoms with E-state index in [0.717, 1.165) is 16.4 Å². The normalized spacial score (nSPS) is 24.7. The number of nitrogens with one attached hydrogen (secondary N) is 1. The molecule has 132 valence electrons. The number of anilines is 1. The first-order valence-electron chi connectivity index (χ1n) is 8.40. The summed E-state index contributed by atoms with van der Waals surface area (Å²) in [6.07, 6.45) is 2.53. The minimum atomic E-state index is -0.455. The van der Waals surface area contributed by atoms with Gasteiger partial charge in [-0.05, 0) is 34.3 Å². The van der Waals surface area contributed by atoms with E-state index in [0.29, 0.717) is 24.4 Å². The SMILES string of the molecule is CC(C)C(=O)N1CC2C[C@@]2(C(=O)Nc2nn(C)c3cc(Br)cnc23)C1. The molecule has 2 atom stereocenters. The molecule has 4 rings (SSSR count). The molecular weight excluding hydrogens is 386 g/mol. The predicted molar refractivity (Wildman–Crippen MR) is 96.8 cm³/mol. The Balaban J connectivity index is 1.55. The number of rotatable bonds is 3. The molecule has 2 aliphatic rings. The lowest BCUT2D eigenvalue weighted by Crippen LogP contribution is -2.37. The minimum absolute atomic E-state index is 0.0417. The Bertz CT molecular complexity index is 893. The van der Waals surface area contributed by atoms with Gasteiger partial charge in [-0.25, -0.2) is 4.98 Å². The number of hydrogen-bond acceptors (Lipinski definition) is 4. The fraction of sp³-hybridized carbons (Fsp3) is 0.529. The highest BCUT2D eigenvalue weighted by atomic mass is 79.9. The second-order valence-electron chi connectivity index (χ2n) is 7.38. The van der Waals surface area contributed by atoms with Crippen molar-refractivity contribution in [3.8, 4) is 0 Å². The van der Waals surface area contributed by atoms with Crippen LogP contribution in [-0.4, -0.2) is 44.6 Å². The van der Waals surface area contributed by atoms with Crippen molar-refractivity contribution in [1.29, 1.82) is 0 Å². The summed E-state index contributed by atoms with van der Waals surface area (Å²) in [6.45, 7) is 4.97. The van der Waals surface area contributed by atoms with Crippen LogP contribution >= 0.6 is 15.9 Å². The standard InChI is InChI=1S/C17H20BrN5O2/c1-9(2)15(24)23-7-10-5-17(10,8-23)16(25)20-14-13-12(22(3)21-14)4-11(18)6-19-13/h4,6,9-10H,5,7-8H2,1-3H3,(H,20,21,25)/t10?,17-/m1/s1. The first kappa shape index (κ1) is 16.5. The molecule has 0 aromatic carbocycles. The van der Waals surface area contributed by atoms with Gasteiger partial charge in [-0.2, -0.15) is 5.10 Å². The van der Waals surface area contributed by atoms with Gasteiger partial charge < -0.3 is 10.2 Å². The molecule has 0 radical (unpaired) electrons. The maximum Gasteiger partial charge on any atom is 0.234 e. The van der Waals surface area contributed by atoms with E-state index in [1.807, 2.05) is 31.9 Å². The van der Waals surface area contributed by atoms with Crippen LogP contribution in [0.4, 0.5) is 5.82 Å². The van der Waals surface area contributed by atoms with E-state index in [9.17, 15) is 9.59 Å². The number of piperidine rings is 1. The lowest BCUT2D eigenvalue weighted by Gasteiger charge is -2.22. The smallest absolute Gasteiger partial charge is 0.234 e. The Kier molecular flexibility index (Phi) is 3.64. The maximum absolute atomic E-state index is 12.9. The number of aryl methyl sites for hydroxylation is 1. The third kappa shape index (κ3) is 2.54. The summed E-state index contributed by atoms with van der Waals surface area (Å²) >= 11 is 3.40. The van der Waals surface area contributed by atoms with E-state index in [1.165, 1.54) is 0 Å². The van der Waals surface area contributed by atoms with Crippen LogP contribution in [0.5, 0.6) is 0 Å². The molecule has 1 N–H and O–H groups in total. The van der Waals surface area contributed by atoms with Crippen LogP contribution in [0.2, 0.25) is 0 Å². The summed E-state index contributed by atoms with van der Waals surface area (Å²) < 4.78 is 2.56. The second kappa shape index (κ2) is 5.52. The molecule has 1 saturated heterocycles. The Labute approximate surface area is 153 Å². The average Bonchev–Trinajstić information content (AvgIpc) is 3.00. The average molecular weight is 406 g/mol. The number of nitrogens with zero attached hydrogens (tertiary/aromatic N) is 4. The summed E-state index contributed by atoms with van der Waals surface area (Å²) in [4.78, 5) is 31.3. The van der Waals surface area contributed by atoms with Crippen LogP contribution in [0, 0.1) is 17.3 Å². The number of pyridine rings is 1. The van der Waals surface area contributed by atoms with Crippen molar-refractivity contribution < 1.29 is 9.59 Å². The van der Waals surface area contributed by atoms with Gasteiger partial charge >= 0.3 is 0 Å². The van der Waals surface area contributed by atoms with E-state index < -0.39 is 5.41 Å². The van der Waals surface area contributed by atoms with Gasteiger partial charge in [0.15, 0.2) is 5.82 Å². The van der Waals surface area contributed by atoms with Gasteiger partial charge in [0.25, 0.3) is 0 Å². The fourth-order valence-corrected chi connectivity index (χ4v) is 4.11. The zero-order chi connectivity index (χ0) is 17.9. The van der Waals surface area contributed by atoms with Crippen LogP contribution in [0.1, 0.15) is 20.3 Å². The number of hydrogen-bond donors (Lipinski definition) is 1. The zero-order valence-electron chi connectivity index (χ0n) is 14.4. The second-order valence-corrected chi connectivity index (χ2v) is 8.29. The number of carbonyl (C=O) groups excluding carboxylic acids is 2. The van der Waals surface area contributed by atoms with Crippen LogP contribution in [0.3, 0.4) is 0 Å². The topological polar surface area (TPSA) is 80.1 Å². The van der Waals surface area contributed by atoms with Gasteiger partial charge in [-0.3, -0.25) is 14.3 Å². The quantitative estimate of drug-likeness (QED) is 0.848. The van der Waals surface area contributed by atoms with E-state index in [-0.39, 0.29) is 23.7 Å². The molecule has 2 amide bonds. The van der Waals surface area contributed by atoms with Crippen molar-refractivity contribution in [3.63, 3.8) is 0 Å². The minimum Gasteiger partial charge on any atom is -0.341 e. The van der Waals surface area contributed by atoms with Gasteiger partial charge in [0.1, 0.15) is 5.52 Å². The third-order valence-corrected chi connectivity index (χ3v) is 5.73. The maximum atomic E-state index is 12.9. The molecule has 2 aromatic rings. The summed E-state index contributed by atoms with van der Waals surface area (Å²) in [5.74, 6) is 0.756. The summed E-state index contributed by atoms with van der Waals surface area (Å²) in [7, 11) is 1.82. The van der Waals surface area contributed by atoms with Crippen molar-refractivity contribution >= 4 is 44.6 Å². The summed E-state index contributed by atoms with van der Waals surface area (Å²) in [5, 5.41) is 7.35. The van der Waals surface area contributed by atoms with E-state index in [2.05, 4.69) is 31.3 Å². The highest BCUT2D eigenvalue weighted by Crippen LogP contribution is 2.58. The van der Waals surface area contributed by atoms with Gasteiger partial charge in [-0.1, -0.05) is 13.8 Å². The largest absolute Gasteiger partial charge is 0.341 e. The van der Waals surface area contributed by atoms with Crippen LogP contribution in [0.15, 0.2) is 16.7 Å². The first-order valence-corrected chi connectivity index (χ1v) is 9.19. The number of aromatic nitrogens is 3. The summed E-state index contributed by atoms with van der Waals surface area (Å²) in [5.41, 5.74) is 1.06. The molecule has 7 nitrogen and oxygen atoms in total. The molecule has 1 aliphatic heterocycles. The fourth-order valence-electron chi connectivity index (χ4n) is 3.79. The molecule has 0 bridgehead atoms. The number of carbonyl (C=O) groups is 2. The van der Waals surface area contributed by atoms with E-state index in [1.54, 1.807) is 10.9 Å². The third-order valence-electron chi connectivity index (χ3n) is 5.29. The number of fused-ring (bicyclic) bond motifs is 2. The lowest BCUT2D eigenvalue weighted by molar-refractivity contribution is -0.134. The lowest BCUT2D eigenvalue weighted by atomic mass is 10.1. The monoisotopic (exact) mass is 405 g/mol. The van der Waals surface area contributed by atoms with Gasteiger partial charge in [-0.15, -0.1) is 0 Å². The van der Waals surface area contributed by atoms with Crippen molar-refractivity contribution in [2.24, 2.45) is 24.3 Å². The first-order chi connectivity index (χ1) is 11.8. The highest BCUT2D eigenvalue weighted by molar-refractivity contribution is 9.10. The number of halogens is 1. The molecule has 25 heavy (non-hydrogen) atoms. The molecule has 2 aromatic heterocycles. The van der Waals surface area contributed by atoms with Crippen molar-refractivity contribution in [2.45, 2.75) is 20.3 Å². The zero-order valence-corrected chi connectivity index (χ0v) is 16.0. The van der Waals surface area contributed by atoms with Crippen molar-refractivity contribution in [1.82, 2.24) is 19.7 Å². The summed E-state index contributed by atoms with van der Waals surface area (Å²) in [6, 6.07) is 1.92. The van der Waals surface area contributed by atoms with Gasteiger partial charge in [0, 0.05) is 36.7 Å². The molecule has 1 aliphatic carbocycles. The van der Waals surface area contributed by atoms with Crippen molar-refractivity contribution in [2.75, 3.05) is 18.4 Å². The van der Waals surface area contributed by atoms with E-state index in [4.69, 9.17) is 0 Å². The van der Waals surface area contributed by atoms with Crippen LogP contribution < -0.4 is 5.32 Å². The Morgan fingerprint density at radius 1 is 1.44 bits per heavy atom. The Hall–Kier alpha value is -1.96. The molecular formula is C17H20BrN5O2. The molecule has 0 spiro atoms. The van der Waals surface area contributed by atoms with Crippen molar-refractivity contribution in [3.05, 3.63) is 16.7 Å². The number of likely N-dealkylation sites (tertiary alicyclic amines) is 1. The molecule has 1 unspecified atom stereocenters. The Morgan fingerprint density at radius 2 is 2.20 bits per heavy atom. The Morgan fingerprint density at radius 3 is 2.92 bits per heavy atom. The van der Waals surface area contributed by atoms with Crippen LogP contribution in [0.25, 0.3) is 11.0 Å². The molecule has 1 saturated carbocycles. The number of amides is 2.